The van der Waals surface area contributed by atoms with Crippen molar-refractivity contribution in [1.82, 2.24) is 4.98 Å². The van der Waals surface area contributed by atoms with Gasteiger partial charge in [0.1, 0.15) is 4.34 Å². The van der Waals surface area contributed by atoms with Gasteiger partial charge in [0.2, 0.25) is 0 Å². The average Bonchev–Trinajstić information content (AvgIpc) is 2.84. The number of thiazole rings is 1. The molecule has 2 rings (SSSR count). The number of aromatic nitrogens is 1. The zero-order valence-corrected chi connectivity index (χ0v) is 10.7. The Balaban J connectivity index is 1.90. The van der Waals surface area contributed by atoms with Gasteiger partial charge in [0, 0.05) is 11.1 Å². The molecule has 1 N–H and O–H groups in total. The molecule has 0 bridgehead atoms. The van der Waals surface area contributed by atoms with Gasteiger partial charge in [-0.1, -0.05) is 11.8 Å². The zero-order chi connectivity index (χ0) is 11.4. The number of rotatable bonds is 5. The third kappa shape index (κ3) is 3.33. The summed E-state index contributed by atoms with van der Waals surface area (Å²) >= 11 is 4.83. The molecule has 0 radical (unpaired) electrons. The molecule has 6 heteroatoms. The molecule has 0 fully saturated rings. The van der Waals surface area contributed by atoms with Crippen molar-refractivity contribution in [3.63, 3.8) is 0 Å². The van der Waals surface area contributed by atoms with Crippen molar-refractivity contribution in [3.05, 3.63) is 33.5 Å². The zero-order valence-electron chi connectivity index (χ0n) is 8.25. The highest BCUT2D eigenvalue weighted by molar-refractivity contribution is 8.00. The van der Waals surface area contributed by atoms with Gasteiger partial charge in [0.15, 0.2) is 0 Å². The Morgan fingerprint density at radius 1 is 1.50 bits per heavy atom. The fraction of sp³-hybridized carbons (Fsp3) is 0.200. The quantitative estimate of drug-likeness (QED) is 0.849. The number of carboxylic acid groups (broad SMARTS) is 1. The van der Waals surface area contributed by atoms with Gasteiger partial charge in [-0.05, 0) is 22.4 Å². The number of hydrogen-bond donors (Lipinski definition) is 1. The molecule has 0 aliphatic rings. The minimum absolute atomic E-state index is 0.00944. The Labute approximate surface area is 105 Å². The highest BCUT2D eigenvalue weighted by Gasteiger charge is 2.06. The second-order valence-electron chi connectivity index (χ2n) is 3.10. The van der Waals surface area contributed by atoms with Crippen LogP contribution >= 0.6 is 34.4 Å². The lowest BCUT2D eigenvalue weighted by molar-refractivity contribution is -0.136. The van der Waals surface area contributed by atoms with Gasteiger partial charge in [0.25, 0.3) is 0 Å². The van der Waals surface area contributed by atoms with Gasteiger partial charge in [0.05, 0.1) is 12.1 Å². The van der Waals surface area contributed by atoms with Gasteiger partial charge >= 0.3 is 5.97 Å². The van der Waals surface area contributed by atoms with E-state index in [4.69, 9.17) is 5.11 Å². The van der Waals surface area contributed by atoms with Gasteiger partial charge in [-0.3, -0.25) is 4.79 Å². The molecule has 2 aromatic rings. The van der Waals surface area contributed by atoms with E-state index in [2.05, 4.69) is 16.4 Å². The molecule has 0 spiro atoms. The minimum atomic E-state index is -0.834. The molecule has 0 aliphatic carbocycles. The molecule has 2 aromatic heterocycles. The summed E-state index contributed by atoms with van der Waals surface area (Å²) < 4.78 is 0.933. The molecular weight excluding hydrogens is 262 g/mol. The number of carbonyl (C=O) groups is 1. The van der Waals surface area contributed by atoms with Crippen LogP contribution in [0.5, 0.6) is 0 Å². The van der Waals surface area contributed by atoms with Crippen LogP contribution in [0.4, 0.5) is 0 Å². The van der Waals surface area contributed by atoms with Crippen molar-refractivity contribution >= 4 is 40.4 Å². The second-order valence-corrected chi connectivity index (χ2v) is 5.96. The predicted molar refractivity (Wildman–Crippen MR) is 67.3 cm³/mol. The molecule has 2 heterocycles. The molecule has 0 aromatic carbocycles. The van der Waals surface area contributed by atoms with E-state index in [0.717, 1.165) is 10.1 Å². The fourth-order valence-electron chi connectivity index (χ4n) is 1.11. The van der Waals surface area contributed by atoms with Crippen LogP contribution in [0.25, 0.3) is 0 Å². The van der Waals surface area contributed by atoms with Crippen LogP contribution in [-0.4, -0.2) is 16.1 Å². The molecule has 84 valence electrons. The lowest BCUT2D eigenvalue weighted by Crippen LogP contribution is -1.99. The smallest absolute Gasteiger partial charge is 0.309 e. The average molecular weight is 271 g/mol. The summed E-state index contributed by atoms with van der Waals surface area (Å²) in [6, 6.07) is 2.09. The monoisotopic (exact) mass is 271 g/mol. The van der Waals surface area contributed by atoms with Gasteiger partial charge < -0.3 is 5.11 Å². The van der Waals surface area contributed by atoms with E-state index >= 15 is 0 Å². The van der Waals surface area contributed by atoms with Gasteiger partial charge in [-0.25, -0.2) is 4.98 Å². The highest BCUT2D eigenvalue weighted by Crippen LogP contribution is 2.26. The van der Waals surface area contributed by atoms with Crippen molar-refractivity contribution in [2.24, 2.45) is 0 Å². The van der Waals surface area contributed by atoms with Crippen LogP contribution in [-0.2, 0) is 17.0 Å². The minimum Gasteiger partial charge on any atom is -0.481 e. The summed E-state index contributed by atoms with van der Waals surface area (Å²) in [6.07, 6.45) is 0.00944. The Hall–Kier alpha value is -0.850. The number of thioether (sulfide) groups is 1. The first-order valence-electron chi connectivity index (χ1n) is 4.54. The third-order valence-electron chi connectivity index (χ3n) is 1.81. The molecule has 0 saturated carbocycles. The van der Waals surface area contributed by atoms with Crippen molar-refractivity contribution in [1.29, 1.82) is 0 Å². The lowest BCUT2D eigenvalue weighted by atomic mass is 10.3. The molecule has 0 aliphatic heterocycles. The first-order valence-corrected chi connectivity index (χ1v) is 7.35. The predicted octanol–water partition coefficient (Wildman–Crippen LogP) is 3.12. The Morgan fingerprint density at radius 2 is 2.38 bits per heavy atom. The van der Waals surface area contributed by atoms with Crippen molar-refractivity contribution in [2.75, 3.05) is 0 Å². The highest BCUT2D eigenvalue weighted by atomic mass is 32.2. The van der Waals surface area contributed by atoms with Crippen molar-refractivity contribution in [2.45, 2.75) is 16.5 Å². The standard InChI is InChI=1S/C10H9NO2S3/c12-9(13)3-8-6-16-10(11-8)15-5-7-1-2-14-4-7/h1-2,4,6H,3,5H2,(H,12,13). The summed E-state index contributed by atoms with van der Waals surface area (Å²) in [7, 11) is 0. The number of nitrogens with zero attached hydrogens (tertiary/aromatic N) is 1. The maximum Gasteiger partial charge on any atom is 0.309 e. The second kappa shape index (κ2) is 5.47. The largest absolute Gasteiger partial charge is 0.481 e. The summed E-state index contributed by atoms with van der Waals surface area (Å²) in [5.74, 6) is 0.0588. The van der Waals surface area contributed by atoms with Crippen LogP contribution in [0, 0.1) is 0 Å². The van der Waals surface area contributed by atoms with Gasteiger partial charge in [-0.2, -0.15) is 11.3 Å². The number of carboxylic acids is 1. The first-order chi connectivity index (χ1) is 7.74. The number of hydrogen-bond acceptors (Lipinski definition) is 5. The molecular formula is C10H9NO2S3. The van der Waals surface area contributed by atoms with E-state index in [-0.39, 0.29) is 6.42 Å². The van der Waals surface area contributed by atoms with Crippen LogP contribution in [0.3, 0.4) is 0 Å². The fourth-order valence-corrected chi connectivity index (χ4v) is 3.67. The molecule has 0 unspecified atom stereocenters. The van der Waals surface area contributed by atoms with Gasteiger partial charge in [-0.15, -0.1) is 11.3 Å². The molecule has 3 nitrogen and oxygen atoms in total. The molecule has 0 saturated heterocycles. The van der Waals surface area contributed by atoms with Crippen LogP contribution < -0.4 is 0 Å². The lowest BCUT2D eigenvalue weighted by Gasteiger charge is -1.93. The van der Waals surface area contributed by atoms with Crippen molar-refractivity contribution in [3.8, 4) is 0 Å². The van der Waals surface area contributed by atoms with E-state index in [0.29, 0.717) is 5.69 Å². The normalized spacial score (nSPS) is 10.5. The van der Waals surface area contributed by atoms with E-state index in [1.165, 1.54) is 16.9 Å². The Morgan fingerprint density at radius 3 is 3.06 bits per heavy atom. The number of aliphatic carboxylic acids is 1. The summed E-state index contributed by atoms with van der Waals surface area (Å²) in [4.78, 5) is 14.7. The summed E-state index contributed by atoms with van der Waals surface area (Å²) in [5.41, 5.74) is 1.93. The topological polar surface area (TPSA) is 50.2 Å². The molecule has 16 heavy (non-hydrogen) atoms. The molecule has 0 atom stereocenters. The summed E-state index contributed by atoms with van der Waals surface area (Å²) in [5, 5.41) is 14.6. The van der Waals surface area contributed by atoms with Crippen LogP contribution in [0.2, 0.25) is 0 Å². The number of thiophene rings is 1. The Kier molecular flexibility index (Phi) is 3.98. The maximum absolute atomic E-state index is 10.5. The first kappa shape index (κ1) is 11.6. The van der Waals surface area contributed by atoms with E-state index < -0.39 is 5.97 Å². The SMILES string of the molecule is O=C(O)Cc1csc(SCc2ccsc2)n1. The summed E-state index contributed by atoms with van der Waals surface area (Å²) in [6.45, 7) is 0. The molecule has 0 amide bonds. The van der Waals surface area contributed by atoms with E-state index in [9.17, 15) is 4.79 Å². The Bertz CT molecular complexity index is 464. The maximum atomic E-state index is 10.5. The van der Waals surface area contributed by atoms with Crippen LogP contribution in [0.1, 0.15) is 11.3 Å². The third-order valence-corrected chi connectivity index (χ3v) is 4.68. The van der Waals surface area contributed by atoms with Crippen molar-refractivity contribution < 1.29 is 9.90 Å². The van der Waals surface area contributed by atoms with E-state index in [1.54, 1.807) is 23.1 Å². The van der Waals surface area contributed by atoms with E-state index in [1.807, 2.05) is 10.8 Å². The van der Waals surface area contributed by atoms with Crippen LogP contribution in [0.15, 0.2) is 26.5 Å².